The molecule has 1 aliphatic rings. The first-order valence-electron chi connectivity index (χ1n) is 10.1. The molecular weight excluding hydrogens is 418 g/mol. The lowest BCUT2D eigenvalue weighted by Gasteiger charge is -2.09. The fraction of sp³-hybridized carbons (Fsp3) is 0.227. The molecule has 3 heterocycles. The van der Waals surface area contributed by atoms with Crippen molar-refractivity contribution >= 4 is 33.7 Å². The van der Waals surface area contributed by atoms with E-state index in [-0.39, 0.29) is 5.75 Å². The summed E-state index contributed by atoms with van der Waals surface area (Å²) in [4.78, 5) is 7.73. The number of benzene rings is 2. The van der Waals surface area contributed by atoms with Crippen LogP contribution in [0.5, 0.6) is 0 Å². The van der Waals surface area contributed by atoms with Gasteiger partial charge in [0.1, 0.15) is 5.82 Å². The fourth-order valence-corrected chi connectivity index (χ4v) is 4.96. The number of aromatic nitrogens is 6. The summed E-state index contributed by atoms with van der Waals surface area (Å²) in [7, 11) is 0. The summed E-state index contributed by atoms with van der Waals surface area (Å²) in [6.07, 6.45) is 4.09. The van der Waals surface area contributed by atoms with Gasteiger partial charge in [0, 0.05) is 28.7 Å². The third-order valence-corrected chi connectivity index (χ3v) is 6.54. The zero-order chi connectivity index (χ0) is 20.9. The van der Waals surface area contributed by atoms with Gasteiger partial charge in [0.15, 0.2) is 11.0 Å². The number of aromatic amines is 1. The van der Waals surface area contributed by atoms with Gasteiger partial charge in [-0.2, -0.15) is 8.78 Å². The van der Waals surface area contributed by atoms with Gasteiger partial charge in [-0.1, -0.05) is 42.1 Å². The van der Waals surface area contributed by atoms with Gasteiger partial charge in [-0.05, 0) is 31.0 Å². The van der Waals surface area contributed by atoms with E-state index in [1.54, 1.807) is 24.3 Å². The van der Waals surface area contributed by atoms with Crippen LogP contribution in [0.1, 0.15) is 31.3 Å². The van der Waals surface area contributed by atoms with E-state index >= 15 is 0 Å². The van der Waals surface area contributed by atoms with E-state index in [2.05, 4.69) is 30.8 Å². The van der Waals surface area contributed by atoms with Gasteiger partial charge in [0.2, 0.25) is 0 Å². The molecule has 1 N–H and O–H groups in total. The number of alkyl halides is 2. The molecule has 0 atom stereocenters. The third-order valence-electron chi connectivity index (χ3n) is 5.60. The summed E-state index contributed by atoms with van der Waals surface area (Å²) in [6, 6.07) is 15.4. The molecule has 9 heteroatoms. The van der Waals surface area contributed by atoms with Crippen LogP contribution in [0.15, 0.2) is 59.9 Å². The molecule has 0 spiro atoms. The topological polar surface area (TPSA) is 64.3 Å². The molecule has 1 fully saturated rings. The largest absolute Gasteiger partial charge is 0.360 e. The SMILES string of the molecule is FC(F)n1c(CSc2nnc(-c3c[nH]c4ccccc34)n2C2CC2)nc2ccccc21. The summed E-state index contributed by atoms with van der Waals surface area (Å²) in [5.41, 5.74) is 3.06. The lowest BCUT2D eigenvalue weighted by molar-refractivity contribution is 0.0722. The Labute approximate surface area is 180 Å². The van der Waals surface area contributed by atoms with Crippen molar-refractivity contribution in [2.24, 2.45) is 0 Å². The Hall–Kier alpha value is -3.20. The number of H-pyrrole nitrogens is 1. The van der Waals surface area contributed by atoms with Crippen LogP contribution in [0.2, 0.25) is 0 Å². The molecule has 3 aromatic heterocycles. The first kappa shape index (κ1) is 18.6. The Bertz CT molecular complexity index is 1400. The molecule has 156 valence electrons. The van der Waals surface area contributed by atoms with Crippen molar-refractivity contribution in [3.8, 4) is 11.4 Å². The van der Waals surface area contributed by atoms with Crippen molar-refractivity contribution in [3.63, 3.8) is 0 Å². The van der Waals surface area contributed by atoms with Gasteiger partial charge >= 0.3 is 6.55 Å². The Morgan fingerprint density at radius 3 is 2.71 bits per heavy atom. The maximum Gasteiger partial charge on any atom is 0.320 e. The van der Waals surface area contributed by atoms with Crippen LogP contribution < -0.4 is 0 Å². The molecule has 1 saturated carbocycles. The van der Waals surface area contributed by atoms with E-state index in [9.17, 15) is 8.78 Å². The summed E-state index contributed by atoms with van der Waals surface area (Å²) in [5, 5.41) is 10.7. The van der Waals surface area contributed by atoms with Gasteiger partial charge in [0.25, 0.3) is 0 Å². The fourth-order valence-electron chi connectivity index (χ4n) is 4.02. The first-order chi connectivity index (χ1) is 15.2. The molecule has 2 aromatic carbocycles. The standard InChI is InChI=1S/C22H18F2N6S/c23-21(24)30-18-8-4-3-7-17(18)26-19(30)12-31-22-28-27-20(29(22)13-9-10-13)15-11-25-16-6-2-1-5-14(15)16/h1-8,11,13,21,25H,9-10,12H2. The normalized spacial score (nSPS) is 14.3. The summed E-state index contributed by atoms with van der Waals surface area (Å²) >= 11 is 1.40. The van der Waals surface area contributed by atoms with E-state index in [4.69, 9.17) is 0 Å². The number of imidazole rings is 1. The van der Waals surface area contributed by atoms with E-state index in [0.29, 0.717) is 22.9 Å². The number of nitrogens with one attached hydrogen (secondary N) is 1. The van der Waals surface area contributed by atoms with Crippen LogP contribution in [0.3, 0.4) is 0 Å². The maximum absolute atomic E-state index is 13.7. The van der Waals surface area contributed by atoms with Crippen LogP contribution >= 0.6 is 11.8 Å². The van der Waals surface area contributed by atoms with E-state index in [1.165, 1.54) is 11.8 Å². The van der Waals surface area contributed by atoms with Crippen molar-refractivity contribution in [1.82, 2.24) is 29.3 Å². The molecule has 6 nitrogen and oxygen atoms in total. The van der Waals surface area contributed by atoms with Crippen LogP contribution in [0, 0.1) is 0 Å². The zero-order valence-corrected chi connectivity index (χ0v) is 17.2. The van der Waals surface area contributed by atoms with Crippen LogP contribution in [-0.4, -0.2) is 29.3 Å². The molecule has 0 amide bonds. The minimum Gasteiger partial charge on any atom is -0.360 e. The lowest BCUT2D eigenvalue weighted by atomic mass is 10.1. The number of halogens is 2. The molecular formula is C22H18F2N6S. The average molecular weight is 436 g/mol. The van der Waals surface area contributed by atoms with Gasteiger partial charge in [0.05, 0.1) is 16.8 Å². The molecule has 5 aromatic rings. The van der Waals surface area contributed by atoms with Crippen molar-refractivity contribution in [2.75, 3.05) is 0 Å². The van der Waals surface area contributed by atoms with Gasteiger partial charge < -0.3 is 4.98 Å². The zero-order valence-electron chi connectivity index (χ0n) is 16.4. The van der Waals surface area contributed by atoms with E-state index < -0.39 is 6.55 Å². The third kappa shape index (κ3) is 3.11. The number of rotatable bonds is 6. The Morgan fingerprint density at radius 1 is 1.06 bits per heavy atom. The lowest BCUT2D eigenvalue weighted by Crippen LogP contribution is -2.04. The second-order valence-corrected chi connectivity index (χ2v) is 8.55. The van der Waals surface area contributed by atoms with Crippen molar-refractivity contribution in [1.29, 1.82) is 0 Å². The Morgan fingerprint density at radius 2 is 1.87 bits per heavy atom. The minimum absolute atomic E-state index is 0.289. The number of hydrogen-bond acceptors (Lipinski definition) is 4. The smallest absolute Gasteiger partial charge is 0.320 e. The molecule has 0 radical (unpaired) electrons. The van der Waals surface area contributed by atoms with Gasteiger partial charge in [-0.3, -0.25) is 9.13 Å². The molecule has 0 aliphatic heterocycles. The number of thioether (sulfide) groups is 1. The minimum atomic E-state index is -2.65. The van der Waals surface area contributed by atoms with Crippen LogP contribution in [0.4, 0.5) is 8.78 Å². The van der Waals surface area contributed by atoms with E-state index in [0.717, 1.165) is 44.9 Å². The molecule has 6 rings (SSSR count). The molecule has 1 aliphatic carbocycles. The van der Waals surface area contributed by atoms with Crippen LogP contribution in [-0.2, 0) is 5.75 Å². The molecule has 31 heavy (non-hydrogen) atoms. The van der Waals surface area contributed by atoms with Gasteiger partial charge in [-0.25, -0.2) is 4.98 Å². The Kier molecular flexibility index (Phi) is 4.31. The average Bonchev–Trinajstić information content (AvgIpc) is 3.22. The van der Waals surface area contributed by atoms with E-state index in [1.807, 2.05) is 24.4 Å². The van der Waals surface area contributed by atoms with Gasteiger partial charge in [-0.15, -0.1) is 10.2 Å². The number of nitrogens with zero attached hydrogens (tertiary/aromatic N) is 5. The highest BCUT2D eigenvalue weighted by atomic mass is 32.2. The quantitative estimate of drug-likeness (QED) is 0.342. The molecule has 0 saturated heterocycles. The highest BCUT2D eigenvalue weighted by Gasteiger charge is 2.31. The summed E-state index contributed by atoms with van der Waals surface area (Å²) < 4.78 is 30.6. The molecule has 0 bridgehead atoms. The van der Waals surface area contributed by atoms with Crippen LogP contribution in [0.25, 0.3) is 33.3 Å². The summed E-state index contributed by atoms with van der Waals surface area (Å²) in [6.45, 7) is -2.65. The summed E-state index contributed by atoms with van der Waals surface area (Å²) in [5.74, 6) is 1.43. The Balaban J connectivity index is 1.37. The van der Waals surface area contributed by atoms with Crippen molar-refractivity contribution in [3.05, 3.63) is 60.6 Å². The maximum atomic E-state index is 13.7. The predicted octanol–water partition coefficient (Wildman–Crippen LogP) is 5.80. The monoisotopic (exact) mass is 436 g/mol. The number of para-hydroxylation sites is 3. The highest BCUT2D eigenvalue weighted by molar-refractivity contribution is 7.98. The number of fused-ring (bicyclic) bond motifs is 2. The molecule has 0 unspecified atom stereocenters. The highest BCUT2D eigenvalue weighted by Crippen LogP contribution is 2.42. The first-order valence-corrected chi connectivity index (χ1v) is 11.1. The second kappa shape index (κ2) is 7.19. The van der Waals surface area contributed by atoms with Crippen molar-refractivity contribution in [2.45, 2.75) is 36.3 Å². The van der Waals surface area contributed by atoms with Crippen molar-refractivity contribution < 1.29 is 8.78 Å². The predicted molar refractivity (Wildman–Crippen MR) is 116 cm³/mol. The number of hydrogen-bond donors (Lipinski definition) is 1. The second-order valence-electron chi connectivity index (χ2n) is 7.61.